The third kappa shape index (κ3) is 3.93. The number of hydrogen-bond acceptors (Lipinski definition) is 3. The van der Waals surface area contributed by atoms with E-state index in [0.717, 1.165) is 32.1 Å². The molecule has 106 valence electrons. The Bertz CT molecular complexity index is 403. The maximum atomic E-state index is 4.71. The van der Waals surface area contributed by atoms with Crippen LogP contribution in [0.3, 0.4) is 0 Å². The molecule has 1 N–H and O–H groups in total. The van der Waals surface area contributed by atoms with Crippen LogP contribution in [-0.2, 0) is 6.54 Å². The van der Waals surface area contributed by atoms with Gasteiger partial charge in [0.05, 0.1) is 0 Å². The zero-order chi connectivity index (χ0) is 13.7. The van der Waals surface area contributed by atoms with Crippen LogP contribution in [0, 0.1) is 12.8 Å². The predicted molar refractivity (Wildman–Crippen MR) is 81.6 cm³/mol. The Morgan fingerprint density at radius 1 is 1.37 bits per heavy atom. The molecule has 2 heterocycles. The number of nitrogens with one attached hydrogen (secondary N) is 1. The van der Waals surface area contributed by atoms with Crippen LogP contribution in [-0.4, -0.2) is 24.6 Å². The molecule has 0 radical (unpaired) electrons. The van der Waals surface area contributed by atoms with E-state index in [-0.39, 0.29) is 0 Å². The molecule has 1 fully saturated rings. The van der Waals surface area contributed by atoms with Crippen molar-refractivity contribution >= 4 is 5.82 Å². The van der Waals surface area contributed by atoms with E-state index in [4.69, 9.17) is 4.98 Å². The van der Waals surface area contributed by atoms with E-state index in [1.807, 2.05) is 6.20 Å². The van der Waals surface area contributed by atoms with E-state index in [2.05, 4.69) is 37.1 Å². The standard InChI is InChI=1S/C16H27N3/c1-4-17-11-15-10-14(3)16(18-12-15)19-8-5-6-13(2)7-9-19/h10,12-13,17H,4-9,11H2,1-3H3. The van der Waals surface area contributed by atoms with Gasteiger partial charge in [0.1, 0.15) is 5.82 Å². The third-order valence-electron chi connectivity index (χ3n) is 4.00. The minimum absolute atomic E-state index is 0.860. The monoisotopic (exact) mass is 261 g/mol. The molecule has 1 unspecified atom stereocenters. The maximum absolute atomic E-state index is 4.71. The van der Waals surface area contributed by atoms with Crippen LogP contribution in [0.4, 0.5) is 5.82 Å². The molecule has 1 aromatic rings. The molecular weight excluding hydrogens is 234 g/mol. The topological polar surface area (TPSA) is 28.2 Å². The molecule has 0 bridgehead atoms. The number of pyridine rings is 1. The van der Waals surface area contributed by atoms with Crippen LogP contribution >= 0.6 is 0 Å². The van der Waals surface area contributed by atoms with Gasteiger partial charge in [-0.2, -0.15) is 0 Å². The number of anilines is 1. The molecule has 0 amide bonds. The van der Waals surface area contributed by atoms with E-state index in [1.165, 1.54) is 36.2 Å². The molecule has 0 spiro atoms. The van der Waals surface area contributed by atoms with Crippen LogP contribution in [0.25, 0.3) is 0 Å². The highest BCUT2D eigenvalue weighted by molar-refractivity contribution is 5.47. The van der Waals surface area contributed by atoms with E-state index < -0.39 is 0 Å². The van der Waals surface area contributed by atoms with Gasteiger partial charge >= 0.3 is 0 Å². The first-order chi connectivity index (χ1) is 9.20. The van der Waals surface area contributed by atoms with Crippen molar-refractivity contribution in [2.75, 3.05) is 24.5 Å². The van der Waals surface area contributed by atoms with Crippen molar-refractivity contribution in [1.82, 2.24) is 10.3 Å². The van der Waals surface area contributed by atoms with Crippen LogP contribution < -0.4 is 10.2 Å². The van der Waals surface area contributed by atoms with Crippen molar-refractivity contribution in [2.45, 2.75) is 46.6 Å². The van der Waals surface area contributed by atoms with Crippen LogP contribution in [0.2, 0.25) is 0 Å². The van der Waals surface area contributed by atoms with Crippen molar-refractivity contribution in [2.24, 2.45) is 5.92 Å². The molecule has 0 aliphatic carbocycles. The van der Waals surface area contributed by atoms with Crippen LogP contribution in [0.1, 0.15) is 44.2 Å². The van der Waals surface area contributed by atoms with Crippen molar-refractivity contribution in [3.8, 4) is 0 Å². The Morgan fingerprint density at radius 2 is 2.21 bits per heavy atom. The molecule has 0 aromatic carbocycles. The van der Waals surface area contributed by atoms with Crippen molar-refractivity contribution < 1.29 is 0 Å². The number of nitrogens with zero attached hydrogens (tertiary/aromatic N) is 2. The smallest absolute Gasteiger partial charge is 0.131 e. The maximum Gasteiger partial charge on any atom is 0.131 e. The second kappa shape index (κ2) is 6.90. The molecule has 2 rings (SSSR count). The Morgan fingerprint density at radius 3 is 2.95 bits per heavy atom. The lowest BCUT2D eigenvalue weighted by Gasteiger charge is -2.23. The Kier molecular flexibility index (Phi) is 5.20. The Labute approximate surface area is 117 Å². The molecule has 3 heteroatoms. The summed E-state index contributed by atoms with van der Waals surface area (Å²) in [6.07, 6.45) is 5.97. The van der Waals surface area contributed by atoms with E-state index in [9.17, 15) is 0 Å². The fourth-order valence-electron chi connectivity index (χ4n) is 2.80. The highest BCUT2D eigenvalue weighted by Gasteiger charge is 2.16. The van der Waals surface area contributed by atoms with Gasteiger partial charge in [-0.15, -0.1) is 0 Å². The van der Waals surface area contributed by atoms with E-state index in [1.54, 1.807) is 0 Å². The largest absolute Gasteiger partial charge is 0.356 e. The summed E-state index contributed by atoms with van der Waals surface area (Å²) in [5, 5.41) is 3.35. The van der Waals surface area contributed by atoms with Gasteiger partial charge < -0.3 is 10.2 Å². The fraction of sp³-hybridized carbons (Fsp3) is 0.688. The number of hydrogen-bond donors (Lipinski definition) is 1. The first kappa shape index (κ1) is 14.3. The summed E-state index contributed by atoms with van der Waals surface area (Å²) in [5.41, 5.74) is 2.59. The lowest BCUT2D eigenvalue weighted by atomic mass is 10.0. The predicted octanol–water partition coefficient (Wildman–Crippen LogP) is 3.13. The summed E-state index contributed by atoms with van der Waals surface area (Å²) in [4.78, 5) is 7.18. The summed E-state index contributed by atoms with van der Waals surface area (Å²) in [6, 6.07) is 2.28. The lowest BCUT2D eigenvalue weighted by molar-refractivity contribution is 0.521. The zero-order valence-corrected chi connectivity index (χ0v) is 12.6. The fourth-order valence-corrected chi connectivity index (χ4v) is 2.80. The second-order valence-electron chi connectivity index (χ2n) is 5.79. The van der Waals surface area contributed by atoms with Crippen molar-refractivity contribution in [1.29, 1.82) is 0 Å². The first-order valence-corrected chi connectivity index (χ1v) is 7.62. The van der Waals surface area contributed by atoms with Crippen molar-refractivity contribution in [3.05, 3.63) is 23.4 Å². The Hall–Kier alpha value is -1.09. The van der Waals surface area contributed by atoms with Gasteiger partial charge in [-0.05, 0) is 55.8 Å². The summed E-state index contributed by atoms with van der Waals surface area (Å²) in [6.45, 7) is 10.9. The van der Waals surface area contributed by atoms with Gasteiger partial charge in [0.15, 0.2) is 0 Å². The molecule has 1 atom stereocenters. The third-order valence-corrected chi connectivity index (χ3v) is 4.00. The summed E-state index contributed by atoms with van der Waals surface area (Å²) < 4.78 is 0. The van der Waals surface area contributed by atoms with Gasteiger partial charge in [0.25, 0.3) is 0 Å². The molecule has 1 aliphatic rings. The van der Waals surface area contributed by atoms with Gasteiger partial charge in [-0.1, -0.05) is 13.8 Å². The minimum atomic E-state index is 0.860. The summed E-state index contributed by atoms with van der Waals surface area (Å²) >= 11 is 0. The van der Waals surface area contributed by atoms with Gasteiger partial charge in [0, 0.05) is 25.8 Å². The SMILES string of the molecule is CCNCc1cnc(N2CCCC(C)CC2)c(C)c1. The van der Waals surface area contributed by atoms with Gasteiger partial charge in [0.2, 0.25) is 0 Å². The van der Waals surface area contributed by atoms with Gasteiger partial charge in [-0.25, -0.2) is 4.98 Å². The average Bonchev–Trinajstić information content (AvgIpc) is 2.61. The quantitative estimate of drug-likeness (QED) is 0.902. The molecule has 1 aromatic heterocycles. The number of rotatable bonds is 4. The molecular formula is C16H27N3. The molecule has 0 saturated carbocycles. The number of aryl methyl sites for hydroxylation is 1. The van der Waals surface area contributed by atoms with E-state index >= 15 is 0 Å². The average molecular weight is 261 g/mol. The summed E-state index contributed by atoms with van der Waals surface area (Å²) in [5.74, 6) is 2.05. The molecule has 1 aliphatic heterocycles. The molecule has 1 saturated heterocycles. The normalized spacial score (nSPS) is 20.4. The zero-order valence-electron chi connectivity index (χ0n) is 12.6. The molecule has 19 heavy (non-hydrogen) atoms. The van der Waals surface area contributed by atoms with E-state index in [0.29, 0.717) is 0 Å². The molecule has 3 nitrogen and oxygen atoms in total. The Balaban J connectivity index is 2.07. The first-order valence-electron chi connectivity index (χ1n) is 7.62. The second-order valence-corrected chi connectivity index (χ2v) is 5.79. The number of aromatic nitrogens is 1. The lowest BCUT2D eigenvalue weighted by Crippen LogP contribution is -2.26. The highest BCUT2D eigenvalue weighted by atomic mass is 15.2. The van der Waals surface area contributed by atoms with Crippen LogP contribution in [0.5, 0.6) is 0 Å². The highest BCUT2D eigenvalue weighted by Crippen LogP contribution is 2.23. The minimum Gasteiger partial charge on any atom is -0.356 e. The van der Waals surface area contributed by atoms with Crippen molar-refractivity contribution in [3.63, 3.8) is 0 Å². The van der Waals surface area contributed by atoms with Crippen LogP contribution in [0.15, 0.2) is 12.3 Å². The van der Waals surface area contributed by atoms with Gasteiger partial charge in [-0.3, -0.25) is 0 Å². The summed E-state index contributed by atoms with van der Waals surface area (Å²) in [7, 11) is 0.